The van der Waals surface area contributed by atoms with Crippen LogP contribution in [0.25, 0.3) is 0 Å². The molecule has 1 heterocycles. The first-order chi connectivity index (χ1) is 17.8. The van der Waals surface area contributed by atoms with E-state index < -0.39 is 79.0 Å². The van der Waals surface area contributed by atoms with Gasteiger partial charge in [0.05, 0.1) is 6.42 Å². The highest BCUT2D eigenvalue weighted by atomic mass is 16.8. The monoisotopic (exact) mass is 538 g/mol. The van der Waals surface area contributed by atoms with Gasteiger partial charge >= 0.3 is 41.6 Å². The normalized spacial score (nSPS) is 23.2. The fraction of sp³-hybridized carbons (Fsp3) is 0.520. The van der Waals surface area contributed by atoms with E-state index >= 15 is 0 Å². The van der Waals surface area contributed by atoms with Gasteiger partial charge in [-0.25, -0.2) is 4.79 Å². The first-order valence-corrected chi connectivity index (χ1v) is 11.6. The lowest BCUT2D eigenvalue weighted by Crippen LogP contribution is -2.65. The molecule has 13 heteroatoms. The number of rotatable bonds is 10. The van der Waals surface area contributed by atoms with E-state index in [4.69, 9.17) is 33.2 Å². The number of hydrogen-bond donors (Lipinski definition) is 0. The van der Waals surface area contributed by atoms with Gasteiger partial charge in [0, 0.05) is 34.6 Å². The summed E-state index contributed by atoms with van der Waals surface area (Å²) in [6, 6.07) is 8.57. The van der Waals surface area contributed by atoms with E-state index in [9.17, 15) is 28.8 Å². The zero-order valence-corrected chi connectivity index (χ0v) is 21.6. The van der Waals surface area contributed by atoms with Crippen molar-refractivity contribution in [1.82, 2.24) is 0 Å². The van der Waals surface area contributed by atoms with E-state index in [1.807, 2.05) is 0 Å². The van der Waals surface area contributed by atoms with Gasteiger partial charge < -0.3 is 33.2 Å². The molecule has 1 aromatic carbocycles. The van der Waals surface area contributed by atoms with Gasteiger partial charge in [0.2, 0.25) is 0 Å². The van der Waals surface area contributed by atoms with Crippen molar-refractivity contribution in [3.8, 4) is 0 Å². The summed E-state index contributed by atoms with van der Waals surface area (Å²) in [7, 11) is 0. The highest BCUT2D eigenvalue weighted by Gasteiger charge is 2.60. The minimum atomic E-state index is -2.52. The molecule has 13 nitrogen and oxygen atoms in total. The van der Waals surface area contributed by atoms with Crippen LogP contribution in [-0.2, 0) is 68.5 Å². The van der Waals surface area contributed by atoms with E-state index in [1.165, 1.54) is 0 Å². The molecule has 208 valence electrons. The maximum atomic E-state index is 13.4. The van der Waals surface area contributed by atoms with Crippen LogP contribution in [-0.4, -0.2) is 72.6 Å². The molecule has 1 aliphatic rings. The second-order valence-electron chi connectivity index (χ2n) is 8.37. The molecule has 38 heavy (non-hydrogen) atoms. The Hall–Kier alpha value is -4.00. The third-order valence-electron chi connectivity index (χ3n) is 5.07. The van der Waals surface area contributed by atoms with Crippen LogP contribution in [0.15, 0.2) is 30.3 Å². The van der Waals surface area contributed by atoms with Crippen LogP contribution in [0.5, 0.6) is 0 Å². The summed E-state index contributed by atoms with van der Waals surface area (Å²) in [5.41, 5.74) is 0.605. The van der Waals surface area contributed by atoms with Crippen LogP contribution in [0.4, 0.5) is 0 Å². The van der Waals surface area contributed by atoms with Gasteiger partial charge in [-0.05, 0) is 5.56 Å². The SMILES string of the molecule is CC(=O)OCC(OC(C)=O)[C@H]1OC(OC(C)=O)(C(=O)OCc2ccccc2)C[C@@H](OC(C)=O)[C@@H]1OC(C)=O. The topological polar surface area (TPSA) is 167 Å². The summed E-state index contributed by atoms with van der Waals surface area (Å²) in [6.45, 7) is 4.47. The summed E-state index contributed by atoms with van der Waals surface area (Å²) < 4.78 is 37.4. The van der Waals surface area contributed by atoms with Crippen molar-refractivity contribution < 1.29 is 61.9 Å². The highest BCUT2D eigenvalue weighted by Crippen LogP contribution is 2.37. The van der Waals surface area contributed by atoms with Crippen LogP contribution in [0.3, 0.4) is 0 Å². The molecule has 0 aliphatic carbocycles. The van der Waals surface area contributed by atoms with Crippen molar-refractivity contribution in [1.29, 1.82) is 0 Å². The number of ether oxygens (including phenoxy) is 7. The van der Waals surface area contributed by atoms with Crippen molar-refractivity contribution in [3.63, 3.8) is 0 Å². The molecule has 1 aliphatic heterocycles. The molecule has 2 unspecified atom stereocenters. The second-order valence-corrected chi connectivity index (χ2v) is 8.37. The van der Waals surface area contributed by atoms with Crippen LogP contribution < -0.4 is 0 Å². The van der Waals surface area contributed by atoms with Crippen LogP contribution >= 0.6 is 0 Å². The molecule has 0 bridgehead atoms. The average molecular weight is 539 g/mol. The van der Waals surface area contributed by atoms with Crippen LogP contribution in [0.2, 0.25) is 0 Å². The molecule has 0 radical (unpaired) electrons. The lowest BCUT2D eigenvalue weighted by atomic mass is 9.91. The minimum Gasteiger partial charge on any atom is -0.462 e. The van der Waals surface area contributed by atoms with Gasteiger partial charge in [0.1, 0.15) is 25.4 Å². The molecule has 0 N–H and O–H groups in total. The molecule has 1 aromatic rings. The fourth-order valence-corrected chi connectivity index (χ4v) is 3.78. The average Bonchev–Trinajstić information content (AvgIpc) is 2.81. The van der Waals surface area contributed by atoms with Gasteiger partial charge in [-0.1, -0.05) is 30.3 Å². The van der Waals surface area contributed by atoms with Gasteiger partial charge in [-0.15, -0.1) is 0 Å². The second kappa shape index (κ2) is 13.5. The Labute approximate surface area is 218 Å². The summed E-state index contributed by atoms with van der Waals surface area (Å²) in [5.74, 6) is -7.89. The van der Waals surface area contributed by atoms with Crippen molar-refractivity contribution in [2.24, 2.45) is 0 Å². The molecule has 1 fully saturated rings. The zero-order valence-electron chi connectivity index (χ0n) is 21.6. The van der Waals surface area contributed by atoms with Crippen molar-refractivity contribution in [3.05, 3.63) is 35.9 Å². The van der Waals surface area contributed by atoms with Crippen molar-refractivity contribution in [2.45, 2.75) is 77.8 Å². The van der Waals surface area contributed by atoms with Crippen molar-refractivity contribution in [2.75, 3.05) is 6.61 Å². The molecular formula is C25H30O13. The predicted octanol–water partition coefficient (Wildman–Crippen LogP) is 1.14. The Kier molecular flexibility index (Phi) is 10.8. The lowest BCUT2D eigenvalue weighted by molar-refractivity contribution is -0.318. The largest absolute Gasteiger partial charge is 0.462 e. The predicted molar refractivity (Wildman–Crippen MR) is 124 cm³/mol. The van der Waals surface area contributed by atoms with E-state index in [2.05, 4.69) is 0 Å². The van der Waals surface area contributed by atoms with E-state index in [-0.39, 0.29) is 6.61 Å². The molecular weight excluding hydrogens is 508 g/mol. The number of carbonyl (C=O) groups is 6. The first-order valence-electron chi connectivity index (χ1n) is 11.6. The minimum absolute atomic E-state index is 0.233. The third-order valence-corrected chi connectivity index (χ3v) is 5.07. The maximum Gasteiger partial charge on any atom is 0.380 e. The molecule has 0 saturated carbocycles. The Morgan fingerprint density at radius 3 is 2.00 bits per heavy atom. The van der Waals surface area contributed by atoms with E-state index in [0.29, 0.717) is 5.56 Å². The van der Waals surface area contributed by atoms with Gasteiger partial charge in [-0.3, -0.25) is 24.0 Å². The fourth-order valence-electron chi connectivity index (χ4n) is 3.78. The standard InChI is InChI=1S/C25H30O13/c1-14(26)32-13-21(35-16(3)28)23-22(36-17(4)29)20(34-15(2)27)11-25(38-23,37-18(5)30)24(31)33-12-19-9-7-6-8-10-19/h6-10,20-23H,11-13H2,1-5H3/t20-,21?,22+,23-,25?/m1/s1. The maximum absolute atomic E-state index is 13.4. The number of hydrogen-bond acceptors (Lipinski definition) is 13. The molecule has 0 amide bonds. The van der Waals surface area contributed by atoms with Crippen LogP contribution in [0, 0.1) is 0 Å². The summed E-state index contributed by atoms with van der Waals surface area (Å²) in [5, 5.41) is 0. The van der Waals surface area contributed by atoms with E-state index in [1.54, 1.807) is 30.3 Å². The number of esters is 6. The molecule has 0 spiro atoms. The Balaban J connectivity index is 2.56. The third kappa shape index (κ3) is 8.83. The highest BCUT2D eigenvalue weighted by molar-refractivity contribution is 5.82. The summed E-state index contributed by atoms with van der Waals surface area (Å²) in [6.07, 6.45) is -6.65. The Morgan fingerprint density at radius 1 is 0.842 bits per heavy atom. The Bertz CT molecular complexity index is 1040. The zero-order chi connectivity index (χ0) is 28.5. The Morgan fingerprint density at radius 2 is 1.47 bits per heavy atom. The number of benzene rings is 1. The van der Waals surface area contributed by atoms with Gasteiger partial charge in [0.15, 0.2) is 12.2 Å². The quantitative estimate of drug-likeness (QED) is 0.307. The molecule has 1 saturated heterocycles. The summed E-state index contributed by atoms with van der Waals surface area (Å²) in [4.78, 5) is 72.7. The summed E-state index contributed by atoms with van der Waals surface area (Å²) >= 11 is 0. The first kappa shape index (κ1) is 30.2. The van der Waals surface area contributed by atoms with E-state index in [0.717, 1.165) is 34.6 Å². The van der Waals surface area contributed by atoms with Gasteiger partial charge in [-0.2, -0.15) is 0 Å². The van der Waals surface area contributed by atoms with Gasteiger partial charge in [0.25, 0.3) is 0 Å². The number of carbonyl (C=O) groups excluding carboxylic acids is 6. The smallest absolute Gasteiger partial charge is 0.380 e. The van der Waals surface area contributed by atoms with Crippen molar-refractivity contribution >= 4 is 35.8 Å². The van der Waals surface area contributed by atoms with Crippen LogP contribution in [0.1, 0.15) is 46.6 Å². The molecule has 2 rings (SSSR count). The lowest BCUT2D eigenvalue weighted by Gasteiger charge is -2.46. The molecule has 5 atom stereocenters. The molecule has 0 aromatic heterocycles.